The molecule has 0 saturated heterocycles. The number of amides is 3. The van der Waals surface area contributed by atoms with E-state index in [9.17, 15) is 9.59 Å². The lowest BCUT2D eigenvalue weighted by Gasteiger charge is -2.29. The number of allylic oxidation sites excluding steroid dienone is 1. The maximum atomic E-state index is 13.2. The van der Waals surface area contributed by atoms with E-state index in [1.54, 1.807) is 13.0 Å². The number of carbonyl (C=O) groups excluding carboxylic acids is 2. The smallest absolute Gasteiger partial charge is 0.319 e. The lowest BCUT2D eigenvalue weighted by molar-refractivity contribution is -0.113. The number of urea groups is 1. The average Bonchev–Trinajstić information content (AvgIpc) is 2.69. The standard InChI is InChI=1S/C23H27N3O3/c1-5-29-19-9-7-6-8-18(19)25-22(27)20-15(4)24-23(28)26-21(20)17-12-10-16(11-13-17)14(2)3/h6-14,21H,5H2,1-4H3,(H,25,27)(H2,24,26,28). The van der Waals surface area contributed by atoms with Crippen LogP contribution in [0.4, 0.5) is 10.5 Å². The molecule has 0 bridgehead atoms. The number of carbonyl (C=O) groups is 2. The summed E-state index contributed by atoms with van der Waals surface area (Å²) in [5.41, 5.74) is 3.63. The molecule has 29 heavy (non-hydrogen) atoms. The summed E-state index contributed by atoms with van der Waals surface area (Å²) in [5.74, 6) is 0.717. The molecule has 3 amide bonds. The van der Waals surface area contributed by atoms with E-state index in [1.807, 2.05) is 49.4 Å². The molecule has 1 aliphatic heterocycles. The van der Waals surface area contributed by atoms with Crippen LogP contribution in [0.25, 0.3) is 0 Å². The van der Waals surface area contributed by atoms with Crippen molar-refractivity contribution in [1.82, 2.24) is 10.6 Å². The number of benzene rings is 2. The zero-order chi connectivity index (χ0) is 21.0. The fourth-order valence-electron chi connectivity index (χ4n) is 3.36. The summed E-state index contributed by atoms with van der Waals surface area (Å²) in [6, 6.07) is 14.4. The highest BCUT2D eigenvalue weighted by atomic mass is 16.5. The third-order valence-electron chi connectivity index (χ3n) is 4.89. The van der Waals surface area contributed by atoms with Gasteiger partial charge in [0.2, 0.25) is 0 Å². The molecule has 1 heterocycles. The van der Waals surface area contributed by atoms with Crippen molar-refractivity contribution in [2.75, 3.05) is 11.9 Å². The molecule has 0 aromatic heterocycles. The van der Waals surface area contributed by atoms with Gasteiger partial charge in [0.25, 0.3) is 5.91 Å². The first-order chi connectivity index (χ1) is 13.9. The van der Waals surface area contributed by atoms with Gasteiger partial charge in [-0.05, 0) is 43.0 Å². The predicted octanol–water partition coefficient (Wildman–Crippen LogP) is 4.48. The van der Waals surface area contributed by atoms with Gasteiger partial charge in [-0.25, -0.2) is 4.79 Å². The molecular weight excluding hydrogens is 366 g/mol. The Hall–Kier alpha value is -3.28. The Morgan fingerprint density at radius 2 is 1.83 bits per heavy atom. The van der Waals surface area contributed by atoms with Gasteiger partial charge in [-0.3, -0.25) is 4.79 Å². The molecule has 0 aliphatic carbocycles. The van der Waals surface area contributed by atoms with Crippen LogP contribution in [0.1, 0.15) is 50.8 Å². The number of para-hydroxylation sites is 2. The number of hydrogen-bond acceptors (Lipinski definition) is 3. The first kappa shape index (κ1) is 20.5. The van der Waals surface area contributed by atoms with Gasteiger partial charge in [-0.2, -0.15) is 0 Å². The first-order valence-corrected chi connectivity index (χ1v) is 9.82. The van der Waals surface area contributed by atoms with Gasteiger partial charge >= 0.3 is 6.03 Å². The molecule has 1 aliphatic rings. The van der Waals surface area contributed by atoms with Crippen LogP contribution in [0.3, 0.4) is 0 Å². The maximum absolute atomic E-state index is 13.2. The fourth-order valence-corrected chi connectivity index (χ4v) is 3.36. The molecule has 1 unspecified atom stereocenters. The second-order valence-electron chi connectivity index (χ2n) is 7.27. The topological polar surface area (TPSA) is 79.5 Å². The molecule has 1 atom stereocenters. The van der Waals surface area contributed by atoms with Crippen molar-refractivity contribution in [3.05, 3.63) is 70.9 Å². The lowest BCUT2D eigenvalue weighted by atomic mass is 9.92. The third kappa shape index (κ3) is 4.59. The van der Waals surface area contributed by atoms with E-state index in [0.29, 0.717) is 35.2 Å². The number of rotatable bonds is 6. The van der Waals surface area contributed by atoms with Crippen molar-refractivity contribution < 1.29 is 14.3 Å². The maximum Gasteiger partial charge on any atom is 0.319 e. The highest BCUT2D eigenvalue weighted by Crippen LogP contribution is 2.30. The number of anilines is 1. The van der Waals surface area contributed by atoms with Gasteiger partial charge in [0.05, 0.1) is 23.9 Å². The van der Waals surface area contributed by atoms with Crippen molar-refractivity contribution in [3.8, 4) is 5.75 Å². The summed E-state index contributed by atoms with van der Waals surface area (Å²) in [4.78, 5) is 25.3. The van der Waals surface area contributed by atoms with E-state index in [-0.39, 0.29) is 11.9 Å². The van der Waals surface area contributed by atoms with E-state index in [2.05, 4.69) is 29.8 Å². The molecule has 0 fully saturated rings. The molecule has 6 heteroatoms. The molecule has 2 aromatic rings. The van der Waals surface area contributed by atoms with Crippen LogP contribution >= 0.6 is 0 Å². The quantitative estimate of drug-likeness (QED) is 0.677. The van der Waals surface area contributed by atoms with Crippen LogP contribution in [0, 0.1) is 0 Å². The molecule has 2 aromatic carbocycles. The molecule has 3 rings (SSSR count). The fraction of sp³-hybridized carbons (Fsp3) is 0.304. The van der Waals surface area contributed by atoms with E-state index in [0.717, 1.165) is 5.56 Å². The molecular formula is C23H27N3O3. The van der Waals surface area contributed by atoms with Crippen LogP contribution in [0.2, 0.25) is 0 Å². The van der Waals surface area contributed by atoms with Crippen molar-refractivity contribution in [1.29, 1.82) is 0 Å². The lowest BCUT2D eigenvalue weighted by Crippen LogP contribution is -2.46. The van der Waals surface area contributed by atoms with Crippen LogP contribution in [0.15, 0.2) is 59.8 Å². The molecule has 6 nitrogen and oxygen atoms in total. The zero-order valence-corrected chi connectivity index (χ0v) is 17.2. The Labute approximate surface area is 171 Å². The van der Waals surface area contributed by atoms with Crippen molar-refractivity contribution >= 4 is 17.6 Å². The number of hydrogen-bond donors (Lipinski definition) is 3. The van der Waals surface area contributed by atoms with Crippen LogP contribution in [-0.4, -0.2) is 18.5 Å². The second-order valence-corrected chi connectivity index (χ2v) is 7.27. The van der Waals surface area contributed by atoms with E-state index in [4.69, 9.17) is 4.74 Å². The number of ether oxygens (including phenoxy) is 1. The third-order valence-corrected chi connectivity index (χ3v) is 4.89. The van der Waals surface area contributed by atoms with Gasteiger partial charge in [-0.15, -0.1) is 0 Å². The van der Waals surface area contributed by atoms with Gasteiger partial charge in [0.15, 0.2) is 0 Å². The summed E-state index contributed by atoms with van der Waals surface area (Å²) in [6.45, 7) is 8.37. The van der Waals surface area contributed by atoms with Crippen LogP contribution in [0.5, 0.6) is 5.75 Å². The van der Waals surface area contributed by atoms with Gasteiger partial charge < -0.3 is 20.7 Å². The highest BCUT2D eigenvalue weighted by molar-refractivity contribution is 6.07. The summed E-state index contributed by atoms with van der Waals surface area (Å²) in [6.07, 6.45) is 0. The Balaban J connectivity index is 1.92. The van der Waals surface area contributed by atoms with Crippen molar-refractivity contribution in [2.24, 2.45) is 0 Å². The minimum Gasteiger partial charge on any atom is -0.492 e. The normalized spacial score (nSPS) is 16.3. The summed E-state index contributed by atoms with van der Waals surface area (Å²) in [7, 11) is 0. The molecule has 0 spiro atoms. The van der Waals surface area contributed by atoms with Crippen LogP contribution in [-0.2, 0) is 4.79 Å². The molecule has 152 valence electrons. The Kier molecular flexibility index (Phi) is 6.22. The van der Waals surface area contributed by atoms with E-state index < -0.39 is 6.04 Å². The Morgan fingerprint density at radius 3 is 2.48 bits per heavy atom. The Morgan fingerprint density at radius 1 is 1.14 bits per heavy atom. The molecule has 0 saturated carbocycles. The average molecular weight is 393 g/mol. The first-order valence-electron chi connectivity index (χ1n) is 9.82. The summed E-state index contributed by atoms with van der Waals surface area (Å²) >= 11 is 0. The number of nitrogens with one attached hydrogen (secondary N) is 3. The summed E-state index contributed by atoms with van der Waals surface area (Å²) in [5, 5.41) is 8.50. The van der Waals surface area contributed by atoms with Crippen LogP contribution < -0.4 is 20.7 Å². The van der Waals surface area contributed by atoms with E-state index in [1.165, 1.54) is 5.56 Å². The van der Waals surface area contributed by atoms with Gasteiger partial charge in [0.1, 0.15) is 5.75 Å². The van der Waals surface area contributed by atoms with E-state index >= 15 is 0 Å². The SMILES string of the molecule is CCOc1ccccc1NC(=O)C1=C(C)NC(=O)NC1c1ccc(C(C)C)cc1. The second kappa shape index (κ2) is 8.82. The van der Waals surface area contributed by atoms with Gasteiger partial charge in [0, 0.05) is 5.70 Å². The molecule has 0 radical (unpaired) electrons. The minimum absolute atomic E-state index is 0.292. The Bertz CT molecular complexity index is 933. The predicted molar refractivity (Wildman–Crippen MR) is 114 cm³/mol. The van der Waals surface area contributed by atoms with Crippen molar-refractivity contribution in [2.45, 2.75) is 39.7 Å². The minimum atomic E-state index is -0.538. The van der Waals surface area contributed by atoms with Crippen molar-refractivity contribution in [3.63, 3.8) is 0 Å². The zero-order valence-electron chi connectivity index (χ0n) is 17.2. The molecule has 3 N–H and O–H groups in total. The van der Waals surface area contributed by atoms with Gasteiger partial charge in [-0.1, -0.05) is 50.2 Å². The highest BCUT2D eigenvalue weighted by Gasteiger charge is 2.31. The largest absolute Gasteiger partial charge is 0.492 e. The monoisotopic (exact) mass is 393 g/mol. The summed E-state index contributed by atoms with van der Waals surface area (Å²) < 4.78 is 5.60.